The summed E-state index contributed by atoms with van der Waals surface area (Å²) in [6, 6.07) is 18.4. The average Bonchev–Trinajstić information content (AvgIpc) is 2.87. The van der Waals surface area contributed by atoms with E-state index in [2.05, 4.69) is 5.32 Å². The van der Waals surface area contributed by atoms with E-state index >= 15 is 0 Å². The van der Waals surface area contributed by atoms with Gasteiger partial charge in [-0.25, -0.2) is 13.2 Å². The summed E-state index contributed by atoms with van der Waals surface area (Å²) >= 11 is 6.49. The van der Waals surface area contributed by atoms with Crippen molar-refractivity contribution < 1.29 is 17.9 Å². The van der Waals surface area contributed by atoms with Crippen molar-refractivity contribution >= 4 is 44.7 Å². The number of sulfonamides is 1. The molecule has 1 saturated heterocycles. The van der Waals surface area contributed by atoms with Crippen molar-refractivity contribution in [3.05, 3.63) is 77.3 Å². The van der Waals surface area contributed by atoms with E-state index in [1.807, 2.05) is 35.2 Å². The summed E-state index contributed by atoms with van der Waals surface area (Å²) in [5, 5.41) is 3.65. The summed E-state index contributed by atoms with van der Waals surface area (Å²) in [6.45, 7) is 2.87. The van der Waals surface area contributed by atoms with Gasteiger partial charge in [-0.3, -0.25) is 4.90 Å². The van der Waals surface area contributed by atoms with Crippen molar-refractivity contribution in [1.29, 1.82) is 0 Å². The van der Waals surface area contributed by atoms with Crippen LogP contribution in [0.1, 0.15) is 5.56 Å². The molecule has 35 heavy (non-hydrogen) atoms. The van der Waals surface area contributed by atoms with Crippen LogP contribution in [0.3, 0.4) is 0 Å². The van der Waals surface area contributed by atoms with Gasteiger partial charge >= 0.3 is 6.03 Å². The minimum atomic E-state index is -4.25. The Labute approximate surface area is 209 Å². The van der Waals surface area contributed by atoms with Crippen LogP contribution in [-0.4, -0.2) is 47.7 Å². The molecular formula is C25H25ClN4O4S. The van der Waals surface area contributed by atoms with E-state index in [1.165, 1.54) is 12.0 Å². The first kappa shape index (κ1) is 23.5. The standard InChI is InChI=1S/C25H25ClN4O4S/c1-34-21-9-7-20(8-10-21)30-25(31)29(17-18-5-3-2-4-6-18)23-16-19(26)15-22(24(23)35(30,32)33)28-13-11-27-12-14-28/h2-10,15-16,27H,11-14,17H2,1H3. The van der Waals surface area contributed by atoms with Crippen LogP contribution < -0.4 is 24.2 Å². The SMILES string of the molecule is COc1ccc(N2C(=O)N(Cc3ccccc3)c3cc(Cl)cc(N4CCNCC4)c3S2(=O)=O)cc1. The number of rotatable bonds is 5. The first-order valence-corrected chi connectivity index (χ1v) is 13.1. The highest BCUT2D eigenvalue weighted by atomic mass is 35.5. The molecule has 8 nitrogen and oxygen atoms in total. The molecule has 2 heterocycles. The number of halogens is 1. The zero-order valence-electron chi connectivity index (χ0n) is 19.1. The minimum Gasteiger partial charge on any atom is -0.497 e. The molecule has 182 valence electrons. The molecule has 0 bridgehead atoms. The highest BCUT2D eigenvalue weighted by Crippen LogP contribution is 2.45. The fourth-order valence-electron chi connectivity index (χ4n) is 4.46. The molecule has 2 aliphatic heterocycles. The summed E-state index contributed by atoms with van der Waals surface area (Å²) in [6.07, 6.45) is 0. The summed E-state index contributed by atoms with van der Waals surface area (Å²) < 4.78 is 34.3. The van der Waals surface area contributed by atoms with Crippen molar-refractivity contribution in [1.82, 2.24) is 5.32 Å². The zero-order valence-corrected chi connectivity index (χ0v) is 20.7. The molecular weight excluding hydrogens is 488 g/mol. The fraction of sp³-hybridized carbons (Fsp3) is 0.240. The molecule has 3 aromatic carbocycles. The lowest BCUT2D eigenvalue weighted by molar-refractivity contribution is 0.253. The number of carbonyl (C=O) groups excluding carboxylic acids is 1. The van der Waals surface area contributed by atoms with E-state index < -0.39 is 16.1 Å². The van der Waals surface area contributed by atoms with E-state index in [4.69, 9.17) is 16.3 Å². The average molecular weight is 513 g/mol. The fourth-order valence-corrected chi connectivity index (χ4v) is 6.44. The van der Waals surface area contributed by atoms with E-state index in [0.717, 1.165) is 23.0 Å². The van der Waals surface area contributed by atoms with Gasteiger partial charge in [0.1, 0.15) is 10.6 Å². The van der Waals surface area contributed by atoms with E-state index in [-0.39, 0.29) is 22.8 Å². The predicted molar refractivity (Wildman–Crippen MR) is 137 cm³/mol. The Kier molecular flexibility index (Phi) is 6.31. The largest absolute Gasteiger partial charge is 0.497 e. The number of fused-ring (bicyclic) bond motifs is 1. The van der Waals surface area contributed by atoms with Crippen molar-refractivity contribution in [3.63, 3.8) is 0 Å². The second-order valence-corrected chi connectivity index (χ2v) is 10.5. The van der Waals surface area contributed by atoms with Gasteiger partial charge in [0.2, 0.25) is 0 Å². The van der Waals surface area contributed by atoms with E-state index in [0.29, 0.717) is 29.5 Å². The maximum atomic E-state index is 14.1. The molecule has 1 fully saturated rings. The Bertz CT molecular complexity index is 1340. The lowest BCUT2D eigenvalue weighted by atomic mass is 10.1. The lowest BCUT2D eigenvalue weighted by Gasteiger charge is -2.39. The third-order valence-corrected chi connectivity index (χ3v) is 8.16. The smallest absolute Gasteiger partial charge is 0.343 e. The molecule has 0 saturated carbocycles. The molecule has 2 aliphatic rings. The molecule has 0 unspecified atom stereocenters. The number of anilines is 3. The topological polar surface area (TPSA) is 82.2 Å². The second kappa shape index (κ2) is 9.41. The highest BCUT2D eigenvalue weighted by Gasteiger charge is 2.45. The van der Waals surface area contributed by atoms with Gasteiger partial charge in [0.25, 0.3) is 10.0 Å². The van der Waals surface area contributed by atoms with Gasteiger partial charge in [-0.2, -0.15) is 4.31 Å². The van der Waals surface area contributed by atoms with Gasteiger partial charge in [-0.05, 0) is 42.0 Å². The normalized spacial score (nSPS) is 17.3. The van der Waals surface area contributed by atoms with Crippen LogP contribution >= 0.6 is 11.6 Å². The molecule has 2 amide bonds. The third kappa shape index (κ3) is 4.31. The van der Waals surface area contributed by atoms with Crippen LogP contribution in [0.15, 0.2) is 71.6 Å². The molecule has 0 spiro atoms. The van der Waals surface area contributed by atoms with Crippen LogP contribution in [0.5, 0.6) is 5.75 Å². The van der Waals surface area contributed by atoms with E-state index in [1.54, 1.807) is 36.4 Å². The summed E-state index contributed by atoms with van der Waals surface area (Å²) in [4.78, 5) is 17.4. The monoisotopic (exact) mass is 512 g/mol. The van der Waals surface area contributed by atoms with E-state index in [9.17, 15) is 13.2 Å². The molecule has 0 aliphatic carbocycles. The molecule has 0 radical (unpaired) electrons. The maximum absolute atomic E-state index is 14.1. The number of methoxy groups -OCH3 is 1. The number of hydrogen-bond donors (Lipinski definition) is 1. The van der Waals surface area contributed by atoms with Crippen molar-refractivity contribution in [3.8, 4) is 5.75 Å². The molecule has 3 aromatic rings. The summed E-state index contributed by atoms with van der Waals surface area (Å²) in [5.74, 6) is 0.561. The Morgan fingerprint density at radius 3 is 2.29 bits per heavy atom. The third-order valence-electron chi connectivity index (χ3n) is 6.16. The quantitative estimate of drug-likeness (QED) is 0.554. The maximum Gasteiger partial charge on any atom is 0.343 e. The first-order valence-electron chi connectivity index (χ1n) is 11.2. The zero-order chi connectivity index (χ0) is 24.6. The minimum absolute atomic E-state index is 0.0788. The number of piperazine rings is 1. The molecule has 0 aromatic heterocycles. The predicted octanol–water partition coefficient (Wildman–Crippen LogP) is 4.09. The number of ether oxygens (including phenoxy) is 1. The van der Waals surface area contributed by atoms with Gasteiger partial charge in [0.05, 0.1) is 30.7 Å². The van der Waals surface area contributed by atoms with Gasteiger partial charge in [0, 0.05) is 31.2 Å². The second-order valence-electron chi connectivity index (χ2n) is 8.33. The number of nitrogens with one attached hydrogen (secondary N) is 1. The number of benzene rings is 3. The summed E-state index contributed by atoms with van der Waals surface area (Å²) in [7, 11) is -2.72. The van der Waals surface area contributed by atoms with Crippen molar-refractivity contribution in [2.24, 2.45) is 0 Å². The van der Waals surface area contributed by atoms with Gasteiger partial charge < -0.3 is 15.0 Å². The Morgan fingerprint density at radius 2 is 1.63 bits per heavy atom. The number of amides is 2. The van der Waals surface area contributed by atoms with Crippen molar-refractivity contribution in [2.75, 3.05) is 47.4 Å². The van der Waals surface area contributed by atoms with Gasteiger partial charge in [-0.15, -0.1) is 0 Å². The molecule has 10 heteroatoms. The summed E-state index contributed by atoms with van der Waals surface area (Å²) in [5.41, 5.74) is 1.88. The molecule has 1 N–H and O–H groups in total. The van der Waals surface area contributed by atoms with Gasteiger partial charge in [0.15, 0.2) is 0 Å². The van der Waals surface area contributed by atoms with Crippen LogP contribution in [0.25, 0.3) is 0 Å². The van der Waals surface area contributed by atoms with Crippen LogP contribution in [0.2, 0.25) is 5.02 Å². The number of carbonyl (C=O) groups is 1. The van der Waals surface area contributed by atoms with Crippen LogP contribution in [-0.2, 0) is 16.6 Å². The highest BCUT2D eigenvalue weighted by molar-refractivity contribution is 7.94. The Balaban J connectivity index is 1.72. The number of hydrogen-bond acceptors (Lipinski definition) is 6. The molecule has 5 rings (SSSR count). The first-order chi connectivity index (χ1) is 16.9. The molecule has 0 atom stereocenters. The number of nitrogens with zero attached hydrogens (tertiary/aromatic N) is 3. The van der Waals surface area contributed by atoms with Crippen LogP contribution in [0.4, 0.5) is 21.9 Å². The van der Waals surface area contributed by atoms with Crippen LogP contribution in [0, 0.1) is 0 Å². The Morgan fingerprint density at radius 1 is 0.971 bits per heavy atom. The van der Waals surface area contributed by atoms with Gasteiger partial charge in [-0.1, -0.05) is 41.9 Å². The number of urea groups is 1. The lowest BCUT2D eigenvalue weighted by Crippen LogP contribution is -2.52. The van der Waals surface area contributed by atoms with Crippen molar-refractivity contribution in [2.45, 2.75) is 11.4 Å². The Hall–Kier alpha value is -3.27.